The van der Waals surface area contributed by atoms with Gasteiger partial charge in [-0.25, -0.2) is 0 Å². The second kappa shape index (κ2) is 10.7. The first-order valence-corrected chi connectivity index (χ1v) is 8.96. The van der Waals surface area contributed by atoms with Gasteiger partial charge in [0.1, 0.15) is 5.75 Å². The van der Waals surface area contributed by atoms with Gasteiger partial charge in [0.2, 0.25) is 5.91 Å². The van der Waals surface area contributed by atoms with Crippen molar-refractivity contribution in [2.45, 2.75) is 40.0 Å². The second-order valence-corrected chi connectivity index (χ2v) is 6.32. The highest BCUT2D eigenvalue weighted by atomic mass is 16.5. The van der Waals surface area contributed by atoms with E-state index in [4.69, 9.17) is 9.47 Å². The van der Waals surface area contributed by atoms with Crippen molar-refractivity contribution in [1.82, 2.24) is 4.90 Å². The summed E-state index contributed by atoms with van der Waals surface area (Å²) in [6.07, 6.45) is 2.35. The van der Waals surface area contributed by atoms with Crippen LogP contribution in [0.4, 0.5) is 0 Å². The number of carbonyl (C=O) groups excluding carboxylic acids is 2. The molecule has 0 saturated heterocycles. The number of amides is 1. The van der Waals surface area contributed by atoms with E-state index < -0.39 is 0 Å². The van der Waals surface area contributed by atoms with Crippen molar-refractivity contribution in [3.63, 3.8) is 0 Å². The molecule has 0 aromatic heterocycles. The molecule has 0 radical (unpaired) electrons. The van der Waals surface area contributed by atoms with Crippen LogP contribution in [0.25, 0.3) is 0 Å². The lowest BCUT2D eigenvalue weighted by Gasteiger charge is -2.28. The summed E-state index contributed by atoms with van der Waals surface area (Å²) in [6, 6.07) is 7.84. The first-order chi connectivity index (χ1) is 12.0. The molecule has 140 valence electrons. The Labute approximate surface area is 151 Å². The number of ether oxygens (including phenoxy) is 2. The highest BCUT2D eigenvalue weighted by Gasteiger charge is 2.25. The zero-order valence-corrected chi connectivity index (χ0v) is 16.1. The normalized spacial score (nSPS) is 11.9. The van der Waals surface area contributed by atoms with Gasteiger partial charge < -0.3 is 14.4 Å². The van der Waals surface area contributed by atoms with Crippen LogP contribution in [0.2, 0.25) is 0 Å². The van der Waals surface area contributed by atoms with Crippen LogP contribution in [0, 0.1) is 11.8 Å². The Bertz CT molecular complexity index is 537. The molecule has 1 aromatic rings. The number of carbonyl (C=O) groups is 2. The zero-order chi connectivity index (χ0) is 18.8. The minimum atomic E-state index is -0.334. The molecule has 0 N–H and O–H groups in total. The third kappa shape index (κ3) is 6.40. The minimum Gasteiger partial charge on any atom is -0.497 e. The number of nitrogens with zero attached hydrogens (tertiary/aromatic N) is 1. The highest BCUT2D eigenvalue weighted by molar-refractivity contribution is 5.80. The van der Waals surface area contributed by atoms with Crippen molar-refractivity contribution in [2.75, 3.05) is 27.3 Å². The van der Waals surface area contributed by atoms with E-state index in [2.05, 4.69) is 0 Å². The molecule has 0 fully saturated rings. The molecule has 0 spiro atoms. The van der Waals surface area contributed by atoms with E-state index in [-0.39, 0.29) is 23.7 Å². The van der Waals surface area contributed by atoms with E-state index in [0.717, 1.165) is 30.6 Å². The molecule has 0 saturated carbocycles. The molecule has 0 aliphatic carbocycles. The predicted molar refractivity (Wildman–Crippen MR) is 98.5 cm³/mol. The topological polar surface area (TPSA) is 55.8 Å². The van der Waals surface area contributed by atoms with Crippen LogP contribution in [0.3, 0.4) is 0 Å². The maximum absolute atomic E-state index is 12.8. The number of rotatable bonds is 10. The summed E-state index contributed by atoms with van der Waals surface area (Å²) in [5.74, 6) is 0.314. The Morgan fingerprint density at radius 1 is 1.08 bits per heavy atom. The summed E-state index contributed by atoms with van der Waals surface area (Å²) in [6.45, 7) is 6.82. The summed E-state index contributed by atoms with van der Waals surface area (Å²) in [5.41, 5.74) is 1.13. The van der Waals surface area contributed by atoms with E-state index in [1.807, 2.05) is 43.0 Å². The van der Waals surface area contributed by atoms with Gasteiger partial charge in [0.05, 0.1) is 20.1 Å². The number of esters is 1. The Morgan fingerprint density at radius 2 is 1.68 bits per heavy atom. The number of benzene rings is 1. The van der Waals surface area contributed by atoms with Gasteiger partial charge in [-0.15, -0.1) is 0 Å². The molecule has 0 heterocycles. The third-order valence-electron chi connectivity index (χ3n) is 4.57. The summed E-state index contributed by atoms with van der Waals surface area (Å²) in [5, 5.41) is 0. The van der Waals surface area contributed by atoms with Gasteiger partial charge in [-0.1, -0.05) is 32.9 Å². The van der Waals surface area contributed by atoms with Gasteiger partial charge in [-0.3, -0.25) is 9.59 Å². The van der Waals surface area contributed by atoms with E-state index in [9.17, 15) is 9.59 Å². The summed E-state index contributed by atoms with van der Waals surface area (Å²) in [4.78, 5) is 26.4. The first-order valence-electron chi connectivity index (χ1n) is 8.96. The monoisotopic (exact) mass is 349 g/mol. The average molecular weight is 349 g/mol. The van der Waals surface area contributed by atoms with Gasteiger partial charge in [-0.05, 0) is 37.0 Å². The molecule has 1 aromatic carbocycles. The molecule has 1 amide bonds. The maximum atomic E-state index is 12.8. The fourth-order valence-electron chi connectivity index (χ4n) is 2.85. The van der Waals surface area contributed by atoms with Crippen LogP contribution in [0.5, 0.6) is 5.75 Å². The second-order valence-electron chi connectivity index (χ2n) is 6.32. The number of hydrogen-bond acceptors (Lipinski definition) is 4. The zero-order valence-electron chi connectivity index (χ0n) is 16.1. The van der Waals surface area contributed by atoms with E-state index in [1.54, 1.807) is 14.0 Å². The van der Waals surface area contributed by atoms with Crippen molar-refractivity contribution >= 4 is 11.9 Å². The lowest BCUT2D eigenvalue weighted by molar-refractivity contribution is -0.147. The van der Waals surface area contributed by atoms with Gasteiger partial charge in [0, 0.05) is 19.0 Å². The molecule has 0 bridgehead atoms. The smallest absolute Gasteiger partial charge is 0.310 e. The van der Waals surface area contributed by atoms with Crippen LogP contribution < -0.4 is 4.74 Å². The largest absolute Gasteiger partial charge is 0.497 e. The molecule has 1 unspecified atom stereocenters. The SMILES string of the molecule is CCC(CC)C(=O)N(CCc1ccc(OC)cc1)CC(C)C(=O)OC. The lowest BCUT2D eigenvalue weighted by atomic mass is 10.00. The van der Waals surface area contributed by atoms with Crippen LogP contribution in [0.1, 0.15) is 39.2 Å². The average Bonchev–Trinajstić information content (AvgIpc) is 2.65. The van der Waals surface area contributed by atoms with Gasteiger partial charge in [0.15, 0.2) is 0 Å². The van der Waals surface area contributed by atoms with Crippen molar-refractivity contribution in [1.29, 1.82) is 0 Å². The predicted octanol–water partition coefficient (Wildman–Crippen LogP) is 3.31. The van der Waals surface area contributed by atoms with Crippen molar-refractivity contribution in [2.24, 2.45) is 11.8 Å². The quantitative estimate of drug-likeness (QED) is 0.608. The molecule has 1 rings (SSSR count). The Balaban J connectivity index is 2.81. The fraction of sp³-hybridized carbons (Fsp3) is 0.600. The molecule has 0 aliphatic heterocycles. The fourth-order valence-corrected chi connectivity index (χ4v) is 2.85. The third-order valence-corrected chi connectivity index (χ3v) is 4.57. The van der Waals surface area contributed by atoms with E-state index in [1.165, 1.54) is 7.11 Å². The molecular weight excluding hydrogens is 318 g/mol. The molecule has 1 atom stereocenters. The van der Waals surface area contributed by atoms with Crippen LogP contribution in [-0.4, -0.2) is 44.1 Å². The molecule has 25 heavy (non-hydrogen) atoms. The Morgan fingerprint density at radius 3 is 2.16 bits per heavy atom. The Hall–Kier alpha value is -2.04. The molecule has 0 aliphatic rings. The molecule has 5 heteroatoms. The highest BCUT2D eigenvalue weighted by Crippen LogP contribution is 2.16. The summed E-state index contributed by atoms with van der Waals surface area (Å²) in [7, 11) is 3.02. The minimum absolute atomic E-state index is 0.000661. The lowest BCUT2D eigenvalue weighted by Crippen LogP contribution is -2.41. The van der Waals surface area contributed by atoms with Crippen LogP contribution >= 0.6 is 0 Å². The van der Waals surface area contributed by atoms with Crippen molar-refractivity contribution in [3.05, 3.63) is 29.8 Å². The first kappa shape index (κ1) is 21.0. The van der Waals surface area contributed by atoms with E-state index >= 15 is 0 Å². The Kier molecular flexibility index (Phi) is 9.03. The summed E-state index contributed by atoms with van der Waals surface area (Å²) >= 11 is 0. The van der Waals surface area contributed by atoms with Crippen LogP contribution in [0.15, 0.2) is 24.3 Å². The maximum Gasteiger partial charge on any atom is 0.310 e. The van der Waals surface area contributed by atoms with E-state index in [0.29, 0.717) is 13.1 Å². The van der Waals surface area contributed by atoms with Gasteiger partial charge in [0.25, 0.3) is 0 Å². The van der Waals surface area contributed by atoms with Crippen molar-refractivity contribution in [3.8, 4) is 5.75 Å². The van der Waals surface area contributed by atoms with Crippen molar-refractivity contribution < 1.29 is 19.1 Å². The molecular formula is C20H31NO4. The van der Waals surface area contributed by atoms with Gasteiger partial charge >= 0.3 is 5.97 Å². The summed E-state index contributed by atoms with van der Waals surface area (Å²) < 4.78 is 9.97. The van der Waals surface area contributed by atoms with Gasteiger partial charge in [-0.2, -0.15) is 0 Å². The number of methoxy groups -OCH3 is 2. The molecule has 5 nitrogen and oxygen atoms in total. The standard InChI is InChI=1S/C20H31NO4/c1-6-17(7-2)19(22)21(14-15(3)20(23)25-5)13-12-16-8-10-18(24-4)11-9-16/h8-11,15,17H,6-7,12-14H2,1-5H3. The van der Waals surface area contributed by atoms with Crippen LogP contribution in [-0.2, 0) is 20.7 Å². The number of hydrogen-bond donors (Lipinski definition) is 0.